The summed E-state index contributed by atoms with van der Waals surface area (Å²) < 4.78 is 0. The topological polar surface area (TPSA) is 35.6 Å². The van der Waals surface area contributed by atoms with Crippen molar-refractivity contribution >= 4 is 17.6 Å². The van der Waals surface area contributed by atoms with Gasteiger partial charge in [-0.25, -0.2) is 4.79 Å². The number of nitrogens with one attached hydrogen (secondary N) is 1. The highest BCUT2D eigenvalue weighted by Crippen LogP contribution is 2.54. The molecule has 4 nitrogen and oxygen atoms in total. The summed E-state index contributed by atoms with van der Waals surface area (Å²) in [6.07, 6.45) is 8.79. The molecule has 2 aliphatic heterocycles. The molecule has 5 heteroatoms. The van der Waals surface area contributed by atoms with E-state index in [9.17, 15) is 4.79 Å². The lowest BCUT2D eigenvalue weighted by atomic mass is 9.54. The summed E-state index contributed by atoms with van der Waals surface area (Å²) in [7, 11) is 2.21. The minimum Gasteiger partial charge on any atom is -0.335 e. The van der Waals surface area contributed by atoms with Crippen LogP contribution in [0.4, 0.5) is 4.79 Å². The van der Waals surface area contributed by atoms with Gasteiger partial charge in [-0.15, -0.1) is 0 Å². The maximum Gasteiger partial charge on any atom is 0.317 e. The van der Waals surface area contributed by atoms with Crippen LogP contribution in [0.2, 0.25) is 5.02 Å². The van der Waals surface area contributed by atoms with Crippen molar-refractivity contribution in [3.05, 3.63) is 34.3 Å². The molecule has 4 bridgehead atoms. The SMILES string of the molecule is CN1Cc2cccc(Cl)c2C12CCN(C(=O)NC1C3CC4CC(C3)CC1C4)CC2. The molecule has 6 aliphatic rings. The van der Waals surface area contributed by atoms with E-state index in [1.54, 1.807) is 0 Å². The van der Waals surface area contributed by atoms with Gasteiger partial charge < -0.3 is 10.2 Å². The first kappa shape index (κ1) is 18.5. The second-order valence-corrected chi connectivity index (χ2v) is 11.0. The molecule has 7 rings (SSSR count). The maximum atomic E-state index is 13.2. The van der Waals surface area contributed by atoms with Crippen LogP contribution in [0.1, 0.15) is 56.1 Å². The average Bonchev–Trinajstić information content (AvgIpc) is 2.97. The van der Waals surface area contributed by atoms with Gasteiger partial charge in [0.1, 0.15) is 0 Å². The Morgan fingerprint density at radius 3 is 2.38 bits per heavy atom. The smallest absolute Gasteiger partial charge is 0.317 e. The maximum absolute atomic E-state index is 13.2. The van der Waals surface area contributed by atoms with Crippen molar-refractivity contribution in [2.75, 3.05) is 20.1 Å². The van der Waals surface area contributed by atoms with Crippen LogP contribution in [-0.2, 0) is 12.1 Å². The molecule has 1 N–H and O–H groups in total. The predicted molar refractivity (Wildman–Crippen MR) is 115 cm³/mol. The summed E-state index contributed by atoms with van der Waals surface area (Å²) in [4.78, 5) is 17.7. The van der Waals surface area contributed by atoms with Crippen LogP contribution in [0.5, 0.6) is 0 Å². The Kier molecular flexibility index (Phi) is 4.22. The second-order valence-electron chi connectivity index (χ2n) is 10.6. The van der Waals surface area contributed by atoms with Crippen LogP contribution in [0.25, 0.3) is 0 Å². The van der Waals surface area contributed by atoms with Gasteiger partial charge >= 0.3 is 6.03 Å². The normalized spacial score (nSPS) is 37.2. The van der Waals surface area contributed by atoms with Gasteiger partial charge in [0.15, 0.2) is 0 Å². The first-order chi connectivity index (χ1) is 14.0. The molecule has 0 unspecified atom stereocenters. The van der Waals surface area contributed by atoms with Crippen molar-refractivity contribution in [1.29, 1.82) is 0 Å². The highest BCUT2D eigenvalue weighted by molar-refractivity contribution is 6.31. The van der Waals surface area contributed by atoms with Gasteiger partial charge in [0.05, 0.1) is 5.54 Å². The van der Waals surface area contributed by atoms with Crippen LogP contribution < -0.4 is 5.32 Å². The van der Waals surface area contributed by atoms with Crippen molar-refractivity contribution in [3.63, 3.8) is 0 Å². The Morgan fingerprint density at radius 2 is 1.72 bits per heavy atom. The molecule has 156 valence electrons. The highest BCUT2D eigenvalue weighted by Gasteiger charge is 2.50. The van der Waals surface area contributed by atoms with E-state index >= 15 is 0 Å². The number of carbonyl (C=O) groups is 1. The average molecular weight is 414 g/mol. The highest BCUT2D eigenvalue weighted by atomic mass is 35.5. The summed E-state index contributed by atoms with van der Waals surface area (Å²) in [5.74, 6) is 3.36. The molecule has 29 heavy (non-hydrogen) atoms. The van der Waals surface area contributed by atoms with Crippen LogP contribution in [0, 0.1) is 23.7 Å². The first-order valence-corrected chi connectivity index (χ1v) is 12.0. The predicted octanol–water partition coefficient (Wildman–Crippen LogP) is 4.61. The van der Waals surface area contributed by atoms with E-state index in [0.717, 1.165) is 61.2 Å². The van der Waals surface area contributed by atoms with Crippen LogP contribution in [0.3, 0.4) is 0 Å². The number of benzene rings is 1. The largest absolute Gasteiger partial charge is 0.335 e. The Labute approximate surface area is 179 Å². The number of urea groups is 1. The van der Waals surface area contributed by atoms with Crippen molar-refractivity contribution < 1.29 is 4.79 Å². The third kappa shape index (κ3) is 2.78. The zero-order valence-electron chi connectivity index (χ0n) is 17.4. The molecule has 5 fully saturated rings. The van der Waals surface area contributed by atoms with E-state index in [1.807, 2.05) is 6.07 Å². The fourth-order valence-electron chi connectivity index (χ4n) is 7.93. The minimum atomic E-state index is -0.00686. The van der Waals surface area contributed by atoms with Crippen molar-refractivity contribution in [1.82, 2.24) is 15.1 Å². The molecular weight excluding hydrogens is 382 g/mol. The van der Waals surface area contributed by atoms with E-state index in [2.05, 4.69) is 34.3 Å². The molecule has 1 aromatic rings. The number of hydrogen-bond donors (Lipinski definition) is 1. The minimum absolute atomic E-state index is 0.00686. The number of piperidine rings is 1. The lowest BCUT2D eigenvalue weighted by Crippen LogP contribution is -2.59. The van der Waals surface area contributed by atoms with Gasteiger partial charge in [0.2, 0.25) is 0 Å². The van der Waals surface area contributed by atoms with E-state index in [4.69, 9.17) is 11.6 Å². The van der Waals surface area contributed by atoms with Gasteiger partial charge in [-0.2, -0.15) is 0 Å². The van der Waals surface area contributed by atoms with Crippen LogP contribution in [-0.4, -0.2) is 42.0 Å². The van der Waals surface area contributed by atoms with E-state index < -0.39 is 0 Å². The van der Waals surface area contributed by atoms with Gasteiger partial charge in [-0.1, -0.05) is 23.7 Å². The summed E-state index contributed by atoms with van der Waals surface area (Å²) in [6, 6.07) is 6.89. The Bertz CT molecular complexity index is 803. The molecule has 4 aliphatic carbocycles. The number of fused-ring (bicyclic) bond motifs is 2. The van der Waals surface area contributed by atoms with Gasteiger partial charge in [-0.3, -0.25) is 4.90 Å². The van der Waals surface area contributed by atoms with Crippen molar-refractivity contribution in [3.8, 4) is 0 Å². The fourth-order valence-corrected chi connectivity index (χ4v) is 8.30. The number of likely N-dealkylation sites (tertiary alicyclic amines) is 1. The zero-order chi connectivity index (χ0) is 19.8. The van der Waals surface area contributed by atoms with Gasteiger partial charge in [0, 0.05) is 30.7 Å². The summed E-state index contributed by atoms with van der Waals surface area (Å²) in [5.41, 5.74) is 2.66. The standard InChI is InChI=1S/C24H32ClN3O/c1-27-14-17-3-2-4-20(25)21(17)24(27)5-7-28(8-6-24)23(29)26-22-18-10-15-9-16(12-18)13-19(22)11-15/h2-4,15-16,18-19,22H,5-14H2,1H3,(H,26,29). The fraction of sp³-hybridized carbons (Fsp3) is 0.708. The summed E-state index contributed by atoms with van der Waals surface area (Å²) >= 11 is 6.64. The molecular formula is C24H32ClN3O. The summed E-state index contributed by atoms with van der Waals surface area (Å²) in [6.45, 7) is 2.58. The Hall–Kier alpha value is -1.26. The quantitative estimate of drug-likeness (QED) is 0.729. The van der Waals surface area contributed by atoms with E-state index in [1.165, 1.54) is 43.2 Å². The number of nitrogens with zero attached hydrogens (tertiary/aromatic N) is 2. The van der Waals surface area contributed by atoms with Crippen LogP contribution >= 0.6 is 11.6 Å². The lowest BCUT2D eigenvalue weighted by molar-refractivity contribution is -0.0125. The van der Waals surface area contributed by atoms with Crippen molar-refractivity contribution in [2.24, 2.45) is 23.7 Å². The molecule has 1 saturated heterocycles. The second kappa shape index (κ2) is 6.62. The third-order valence-corrected chi connectivity index (χ3v) is 9.41. The molecule has 0 atom stereocenters. The zero-order valence-corrected chi connectivity index (χ0v) is 18.1. The van der Waals surface area contributed by atoms with Gasteiger partial charge in [0.25, 0.3) is 0 Å². The van der Waals surface area contributed by atoms with E-state index in [-0.39, 0.29) is 11.6 Å². The first-order valence-electron chi connectivity index (χ1n) is 11.6. The monoisotopic (exact) mass is 413 g/mol. The van der Waals surface area contributed by atoms with Crippen molar-refractivity contribution in [2.45, 2.75) is 63.1 Å². The molecule has 1 aromatic carbocycles. The third-order valence-electron chi connectivity index (χ3n) is 9.10. The number of hydrogen-bond acceptors (Lipinski definition) is 2. The van der Waals surface area contributed by atoms with Gasteiger partial charge in [-0.05, 0) is 92.9 Å². The lowest BCUT2D eigenvalue weighted by Gasteiger charge is -2.54. The number of rotatable bonds is 1. The number of amides is 2. The number of carbonyl (C=O) groups excluding carboxylic acids is 1. The molecule has 2 amide bonds. The van der Waals surface area contributed by atoms with Crippen LogP contribution in [0.15, 0.2) is 18.2 Å². The molecule has 4 saturated carbocycles. The molecule has 0 radical (unpaired) electrons. The van der Waals surface area contributed by atoms with E-state index in [0.29, 0.717) is 6.04 Å². The molecule has 2 heterocycles. The Balaban J connectivity index is 1.14. The molecule has 0 aromatic heterocycles. The number of halogens is 1. The Morgan fingerprint density at radius 1 is 1.07 bits per heavy atom. The summed E-state index contributed by atoms with van der Waals surface area (Å²) in [5, 5.41) is 4.39. The molecule has 1 spiro atoms.